The lowest BCUT2D eigenvalue weighted by Crippen LogP contribution is -2.34. The highest BCUT2D eigenvalue weighted by Gasteiger charge is 2.29. The SMILES string of the molecule is Cc1c(C2CNCC2NC=O)ccc(Cl)c1Cl. The molecule has 2 atom stereocenters. The van der Waals surface area contributed by atoms with Gasteiger partial charge in [-0.25, -0.2) is 0 Å². The first kappa shape index (κ1) is 12.7. The Labute approximate surface area is 110 Å². The van der Waals surface area contributed by atoms with Crippen LogP contribution in [-0.4, -0.2) is 25.5 Å². The summed E-state index contributed by atoms with van der Waals surface area (Å²) in [4.78, 5) is 10.6. The summed E-state index contributed by atoms with van der Waals surface area (Å²) in [6, 6.07) is 3.91. The number of rotatable bonds is 3. The predicted molar refractivity (Wildman–Crippen MR) is 69.8 cm³/mol. The van der Waals surface area contributed by atoms with E-state index in [0.717, 1.165) is 30.6 Å². The standard InChI is InChI=1S/C12H14Cl2N2O/c1-7-8(2-3-10(13)12(7)14)9-4-15-5-11(9)16-6-17/h2-3,6,9,11,15H,4-5H2,1H3,(H,16,17). The normalized spacial score (nSPS) is 23.7. The fourth-order valence-electron chi connectivity index (χ4n) is 2.34. The molecule has 0 spiro atoms. The maximum absolute atomic E-state index is 10.6. The van der Waals surface area contributed by atoms with Crippen LogP contribution in [0.2, 0.25) is 10.0 Å². The molecule has 1 aromatic rings. The Bertz CT molecular complexity index is 437. The number of benzene rings is 1. The molecule has 1 saturated heterocycles. The molecule has 0 bridgehead atoms. The molecule has 0 radical (unpaired) electrons. The summed E-state index contributed by atoms with van der Waals surface area (Å²) in [5.41, 5.74) is 2.13. The lowest BCUT2D eigenvalue weighted by atomic mass is 9.91. The molecule has 0 aromatic heterocycles. The molecular formula is C12H14Cl2N2O. The van der Waals surface area contributed by atoms with Gasteiger partial charge in [-0.2, -0.15) is 0 Å². The zero-order chi connectivity index (χ0) is 12.4. The second-order valence-electron chi connectivity index (χ2n) is 4.23. The van der Waals surface area contributed by atoms with Gasteiger partial charge in [-0.15, -0.1) is 0 Å². The zero-order valence-electron chi connectivity index (χ0n) is 9.47. The molecule has 2 rings (SSSR count). The molecule has 5 heteroatoms. The van der Waals surface area contributed by atoms with Crippen LogP contribution >= 0.6 is 23.2 Å². The summed E-state index contributed by atoms with van der Waals surface area (Å²) in [6.07, 6.45) is 0.748. The summed E-state index contributed by atoms with van der Waals surface area (Å²) in [7, 11) is 0. The van der Waals surface area contributed by atoms with Crippen molar-refractivity contribution in [2.45, 2.75) is 18.9 Å². The van der Waals surface area contributed by atoms with Gasteiger partial charge in [0.25, 0.3) is 0 Å². The quantitative estimate of drug-likeness (QED) is 0.828. The molecule has 3 nitrogen and oxygen atoms in total. The Morgan fingerprint density at radius 2 is 2.18 bits per heavy atom. The summed E-state index contributed by atoms with van der Waals surface area (Å²) in [5.74, 6) is 0.245. The predicted octanol–water partition coefficient (Wildman–Crippen LogP) is 2.10. The maximum Gasteiger partial charge on any atom is 0.207 e. The van der Waals surface area contributed by atoms with Gasteiger partial charge >= 0.3 is 0 Å². The highest BCUT2D eigenvalue weighted by molar-refractivity contribution is 6.42. The summed E-state index contributed by atoms with van der Waals surface area (Å²) >= 11 is 12.1. The van der Waals surface area contributed by atoms with Crippen LogP contribution in [0.1, 0.15) is 17.0 Å². The molecule has 1 aliphatic rings. The van der Waals surface area contributed by atoms with Crippen molar-refractivity contribution < 1.29 is 4.79 Å². The van der Waals surface area contributed by atoms with Crippen LogP contribution in [0.5, 0.6) is 0 Å². The topological polar surface area (TPSA) is 41.1 Å². The van der Waals surface area contributed by atoms with E-state index in [9.17, 15) is 4.79 Å². The minimum Gasteiger partial charge on any atom is -0.354 e. The molecule has 1 fully saturated rings. The van der Waals surface area contributed by atoms with Crippen LogP contribution in [0, 0.1) is 6.92 Å². The van der Waals surface area contributed by atoms with E-state index < -0.39 is 0 Å². The molecule has 17 heavy (non-hydrogen) atoms. The van der Waals surface area contributed by atoms with Crippen molar-refractivity contribution >= 4 is 29.6 Å². The molecule has 0 saturated carbocycles. The van der Waals surface area contributed by atoms with Crippen LogP contribution in [-0.2, 0) is 4.79 Å². The third-order valence-corrected chi connectivity index (χ3v) is 4.18. The van der Waals surface area contributed by atoms with Gasteiger partial charge in [0.15, 0.2) is 0 Å². The lowest BCUT2D eigenvalue weighted by Gasteiger charge is -2.21. The first-order valence-corrected chi connectivity index (χ1v) is 6.25. The van der Waals surface area contributed by atoms with Crippen molar-refractivity contribution in [2.75, 3.05) is 13.1 Å². The van der Waals surface area contributed by atoms with E-state index >= 15 is 0 Å². The molecule has 1 heterocycles. The van der Waals surface area contributed by atoms with Crippen molar-refractivity contribution in [1.29, 1.82) is 0 Å². The van der Waals surface area contributed by atoms with Gasteiger partial charge in [0.1, 0.15) is 0 Å². The Balaban J connectivity index is 2.33. The largest absolute Gasteiger partial charge is 0.354 e. The van der Waals surface area contributed by atoms with E-state index in [1.807, 2.05) is 19.1 Å². The van der Waals surface area contributed by atoms with Gasteiger partial charge in [-0.3, -0.25) is 4.79 Å². The Kier molecular flexibility index (Phi) is 3.92. The number of halogens is 2. The van der Waals surface area contributed by atoms with E-state index in [-0.39, 0.29) is 12.0 Å². The molecular weight excluding hydrogens is 259 g/mol. The van der Waals surface area contributed by atoms with Gasteiger partial charge in [-0.05, 0) is 24.1 Å². The van der Waals surface area contributed by atoms with Crippen LogP contribution < -0.4 is 10.6 Å². The highest BCUT2D eigenvalue weighted by Crippen LogP contribution is 2.33. The summed E-state index contributed by atoms with van der Waals surface area (Å²) in [5, 5.41) is 7.27. The zero-order valence-corrected chi connectivity index (χ0v) is 11.0. The third-order valence-electron chi connectivity index (χ3n) is 3.28. The first-order chi connectivity index (χ1) is 8.15. The van der Waals surface area contributed by atoms with Crippen LogP contribution in [0.15, 0.2) is 12.1 Å². The average Bonchev–Trinajstić information content (AvgIpc) is 2.75. The molecule has 0 aliphatic carbocycles. The fraction of sp³-hybridized carbons (Fsp3) is 0.417. The Morgan fingerprint density at radius 3 is 2.88 bits per heavy atom. The van der Waals surface area contributed by atoms with Gasteiger partial charge in [-0.1, -0.05) is 29.3 Å². The molecule has 2 unspecified atom stereocenters. The van der Waals surface area contributed by atoms with Gasteiger partial charge in [0.2, 0.25) is 6.41 Å². The number of nitrogens with one attached hydrogen (secondary N) is 2. The van der Waals surface area contributed by atoms with E-state index in [1.165, 1.54) is 0 Å². The minimum atomic E-state index is 0.114. The van der Waals surface area contributed by atoms with Crippen molar-refractivity contribution in [3.63, 3.8) is 0 Å². The molecule has 1 aromatic carbocycles. The van der Waals surface area contributed by atoms with E-state index in [1.54, 1.807) is 0 Å². The highest BCUT2D eigenvalue weighted by atomic mass is 35.5. The van der Waals surface area contributed by atoms with Crippen molar-refractivity contribution in [1.82, 2.24) is 10.6 Å². The Hall–Kier alpha value is -0.770. The number of hydrogen-bond donors (Lipinski definition) is 2. The maximum atomic E-state index is 10.6. The van der Waals surface area contributed by atoms with E-state index in [0.29, 0.717) is 10.0 Å². The van der Waals surface area contributed by atoms with E-state index in [2.05, 4.69) is 10.6 Å². The Morgan fingerprint density at radius 1 is 1.41 bits per heavy atom. The van der Waals surface area contributed by atoms with Crippen molar-refractivity contribution in [3.05, 3.63) is 33.3 Å². The van der Waals surface area contributed by atoms with Crippen molar-refractivity contribution in [3.8, 4) is 0 Å². The lowest BCUT2D eigenvalue weighted by molar-refractivity contribution is -0.110. The number of hydrogen-bond acceptors (Lipinski definition) is 2. The number of carbonyl (C=O) groups excluding carboxylic acids is 1. The van der Waals surface area contributed by atoms with E-state index in [4.69, 9.17) is 23.2 Å². The molecule has 2 N–H and O–H groups in total. The monoisotopic (exact) mass is 272 g/mol. The molecule has 1 amide bonds. The van der Waals surface area contributed by atoms with Crippen LogP contribution in [0.25, 0.3) is 0 Å². The van der Waals surface area contributed by atoms with Gasteiger partial charge in [0.05, 0.1) is 10.0 Å². The second kappa shape index (κ2) is 5.25. The smallest absolute Gasteiger partial charge is 0.207 e. The average molecular weight is 273 g/mol. The summed E-state index contributed by atoms with van der Waals surface area (Å²) < 4.78 is 0. The summed E-state index contributed by atoms with van der Waals surface area (Å²) in [6.45, 7) is 3.58. The van der Waals surface area contributed by atoms with Crippen molar-refractivity contribution in [2.24, 2.45) is 0 Å². The molecule has 1 aliphatic heterocycles. The molecule has 92 valence electrons. The third kappa shape index (κ3) is 2.41. The van der Waals surface area contributed by atoms with Crippen LogP contribution in [0.3, 0.4) is 0 Å². The van der Waals surface area contributed by atoms with Gasteiger partial charge < -0.3 is 10.6 Å². The fourth-order valence-corrected chi connectivity index (χ4v) is 2.71. The van der Waals surface area contributed by atoms with Crippen LogP contribution in [0.4, 0.5) is 0 Å². The van der Waals surface area contributed by atoms with Gasteiger partial charge in [0, 0.05) is 25.0 Å². The first-order valence-electron chi connectivity index (χ1n) is 5.50. The minimum absolute atomic E-state index is 0.114. The number of carbonyl (C=O) groups is 1. The number of amides is 1. The second-order valence-corrected chi connectivity index (χ2v) is 5.02.